The predicted octanol–water partition coefficient (Wildman–Crippen LogP) is 3.33. The molecule has 158 valence electrons. The van der Waals surface area contributed by atoms with Gasteiger partial charge >= 0.3 is 6.09 Å². The Hall–Kier alpha value is -2.45. The highest BCUT2D eigenvalue weighted by Gasteiger charge is 2.38. The number of carbonyl (C=O) groups excluding carboxylic acids is 1. The first-order valence-corrected chi connectivity index (χ1v) is 10.2. The number of fused-ring (bicyclic) bond motifs is 1. The van der Waals surface area contributed by atoms with Crippen LogP contribution in [0.5, 0.6) is 0 Å². The van der Waals surface area contributed by atoms with E-state index in [1.165, 1.54) is 11.3 Å². The summed E-state index contributed by atoms with van der Waals surface area (Å²) in [5.41, 5.74) is 0.274. The molecule has 9 heteroatoms. The van der Waals surface area contributed by atoms with Gasteiger partial charge in [0.2, 0.25) is 5.95 Å². The van der Waals surface area contributed by atoms with Crippen LogP contribution >= 0.6 is 0 Å². The molecule has 2 aromatic rings. The lowest BCUT2D eigenvalue weighted by Gasteiger charge is -2.37. The SMILES string of the molecule is CC(C)(C)OC(=O)N1CC[C@@H](Nc2ncc3cnc(C4(C)CCC4)n3n2)[C@H](F)C1. The zero-order valence-electron chi connectivity index (χ0n) is 17.5. The van der Waals surface area contributed by atoms with Crippen molar-refractivity contribution in [3.63, 3.8) is 0 Å². The lowest BCUT2D eigenvalue weighted by atomic mass is 9.70. The van der Waals surface area contributed by atoms with Gasteiger partial charge in [-0.15, -0.1) is 5.10 Å². The van der Waals surface area contributed by atoms with Crippen LogP contribution < -0.4 is 5.32 Å². The third-order valence-corrected chi connectivity index (χ3v) is 5.78. The first kappa shape index (κ1) is 19.8. The highest BCUT2D eigenvalue weighted by atomic mass is 19.1. The number of nitrogens with one attached hydrogen (secondary N) is 1. The van der Waals surface area contributed by atoms with Crippen molar-refractivity contribution in [1.82, 2.24) is 24.5 Å². The van der Waals surface area contributed by atoms with Crippen LogP contribution in [-0.4, -0.2) is 61.5 Å². The molecule has 1 aliphatic carbocycles. The van der Waals surface area contributed by atoms with Gasteiger partial charge in [0, 0.05) is 12.0 Å². The molecule has 2 atom stereocenters. The Bertz CT molecular complexity index is 904. The van der Waals surface area contributed by atoms with E-state index in [0.717, 1.165) is 24.2 Å². The molecule has 0 spiro atoms. The lowest BCUT2D eigenvalue weighted by Crippen LogP contribution is -2.51. The highest BCUT2D eigenvalue weighted by molar-refractivity contribution is 5.68. The molecule has 2 aromatic heterocycles. The summed E-state index contributed by atoms with van der Waals surface area (Å²) in [5, 5.41) is 7.68. The summed E-state index contributed by atoms with van der Waals surface area (Å²) in [6.45, 7) is 8.01. The Morgan fingerprint density at radius 1 is 1.31 bits per heavy atom. The van der Waals surface area contributed by atoms with Gasteiger partial charge in [-0.3, -0.25) is 0 Å². The van der Waals surface area contributed by atoms with E-state index in [1.54, 1.807) is 33.2 Å². The van der Waals surface area contributed by atoms with Crippen molar-refractivity contribution in [2.45, 2.75) is 76.6 Å². The van der Waals surface area contributed by atoms with Crippen LogP contribution in [0.4, 0.5) is 15.1 Å². The lowest BCUT2D eigenvalue weighted by molar-refractivity contribution is 0.0125. The van der Waals surface area contributed by atoms with E-state index in [4.69, 9.17) is 4.74 Å². The second-order valence-electron chi connectivity index (χ2n) is 9.40. The summed E-state index contributed by atoms with van der Waals surface area (Å²) < 4.78 is 21.9. The molecular formula is C20H29FN6O2. The molecule has 1 amide bonds. The number of likely N-dealkylation sites (tertiary alicyclic amines) is 1. The standard InChI is InChI=1S/C20H29FN6O2/c1-19(2,3)29-18(28)26-9-6-15(14(21)12-26)24-17-23-11-13-10-22-16(27(13)25-17)20(4)7-5-8-20/h10-11,14-15H,5-9,12H2,1-4H3,(H,24,25)/t14-,15-/m1/s1. The van der Waals surface area contributed by atoms with Crippen molar-refractivity contribution in [2.75, 3.05) is 18.4 Å². The maximum Gasteiger partial charge on any atom is 0.410 e. The molecule has 3 heterocycles. The number of halogens is 1. The van der Waals surface area contributed by atoms with Gasteiger partial charge in [-0.05, 0) is 40.0 Å². The summed E-state index contributed by atoms with van der Waals surface area (Å²) in [6.07, 6.45) is 5.60. The van der Waals surface area contributed by atoms with Gasteiger partial charge in [0.15, 0.2) is 0 Å². The zero-order chi connectivity index (χ0) is 20.8. The normalized spacial score (nSPS) is 24.2. The molecule has 0 unspecified atom stereocenters. The molecule has 1 N–H and O–H groups in total. The molecule has 2 aliphatic rings. The minimum atomic E-state index is -1.23. The fourth-order valence-electron chi connectivity index (χ4n) is 3.93. The quantitative estimate of drug-likeness (QED) is 0.845. The monoisotopic (exact) mass is 404 g/mol. The maximum absolute atomic E-state index is 14.8. The van der Waals surface area contributed by atoms with E-state index < -0.39 is 23.9 Å². The van der Waals surface area contributed by atoms with E-state index in [0.29, 0.717) is 18.9 Å². The number of hydrogen-bond donors (Lipinski definition) is 1. The third-order valence-electron chi connectivity index (χ3n) is 5.78. The molecule has 0 bridgehead atoms. The van der Waals surface area contributed by atoms with Crippen molar-refractivity contribution in [2.24, 2.45) is 0 Å². The molecule has 8 nitrogen and oxygen atoms in total. The summed E-state index contributed by atoms with van der Waals surface area (Å²) in [7, 11) is 0. The number of aromatic nitrogens is 4. The van der Waals surface area contributed by atoms with Crippen molar-refractivity contribution < 1.29 is 13.9 Å². The summed E-state index contributed by atoms with van der Waals surface area (Å²) >= 11 is 0. The molecular weight excluding hydrogens is 375 g/mol. The average molecular weight is 404 g/mol. The largest absolute Gasteiger partial charge is 0.444 e. The highest BCUT2D eigenvalue weighted by Crippen LogP contribution is 2.42. The fraction of sp³-hybridized carbons (Fsp3) is 0.700. The first-order valence-electron chi connectivity index (χ1n) is 10.2. The van der Waals surface area contributed by atoms with Crippen LogP contribution in [0.25, 0.3) is 5.52 Å². The van der Waals surface area contributed by atoms with Crippen LogP contribution in [-0.2, 0) is 10.2 Å². The Kier molecular flexibility index (Phi) is 4.86. The van der Waals surface area contributed by atoms with Gasteiger partial charge in [-0.25, -0.2) is 23.7 Å². The fourth-order valence-corrected chi connectivity index (χ4v) is 3.93. The Balaban J connectivity index is 1.44. The second-order valence-corrected chi connectivity index (χ2v) is 9.40. The second kappa shape index (κ2) is 7.11. The number of amides is 1. The molecule has 4 rings (SSSR count). The smallest absolute Gasteiger partial charge is 0.410 e. The predicted molar refractivity (Wildman–Crippen MR) is 107 cm³/mol. The van der Waals surface area contributed by atoms with Crippen LogP contribution in [0, 0.1) is 0 Å². The van der Waals surface area contributed by atoms with Crippen LogP contribution in [0.3, 0.4) is 0 Å². The Morgan fingerprint density at radius 3 is 2.66 bits per heavy atom. The number of hydrogen-bond acceptors (Lipinski definition) is 6. The Morgan fingerprint density at radius 2 is 2.03 bits per heavy atom. The van der Waals surface area contributed by atoms with Crippen LogP contribution in [0.2, 0.25) is 0 Å². The minimum Gasteiger partial charge on any atom is -0.444 e. The zero-order valence-corrected chi connectivity index (χ0v) is 17.5. The number of imidazole rings is 1. The Labute approximate surface area is 169 Å². The number of ether oxygens (including phenoxy) is 1. The molecule has 0 aromatic carbocycles. The minimum absolute atomic E-state index is 0.0107. The third kappa shape index (κ3) is 4.00. The van der Waals surface area contributed by atoms with Gasteiger partial charge in [0.1, 0.15) is 23.1 Å². The molecule has 1 saturated carbocycles. The van der Waals surface area contributed by atoms with Crippen molar-refractivity contribution in [3.05, 3.63) is 18.2 Å². The van der Waals surface area contributed by atoms with Gasteiger partial charge in [-0.2, -0.15) is 0 Å². The number of carbonyl (C=O) groups is 1. The summed E-state index contributed by atoms with van der Waals surface area (Å²) in [4.78, 5) is 22.5. The number of rotatable bonds is 3. The molecule has 0 radical (unpaired) electrons. The average Bonchev–Trinajstić information content (AvgIpc) is 3.03. The number of alkyl halides is 1. The molecule has 29 heavy (non-hydrogen) atoms. The molecule has 2 fully saturated rings. The van der Waals surface area contributed by atoms with E-state index in [2.05, 4.69) is 27.3 Å². The first-order chi connectivity index (χ1) is 13.6. The number of piperidine rings is 1. The van der Waals surface area contributed by atoms with E-state index in [-0.39, 0.29) is 12.0 Å². The van der Waals surface area contributed by atoms with Crippen molar-refractivity contribution >= 4 is 17.6 Å². The van der Waals surface area contributed by atoms with Crippen molar-refractivity contribution in [3.8, 4) is 0 Å². The van der Waals surface area contributed by atoms with Crippen LogP contribution in [0.1, 0.15) is 59.2 Å². The molecule has 1 aliphatic heterocycles. The van der Waals surface area contributed by atoms with E-state index in [9.17, 15) is 9.18 Å². The molecule has 1 saturated heterocycles. The van der Waals surface area contributed by atoms with Gasteiger partial charge in [0.05, 0.1) is 25.0 Å². The maximum atomic E-state index is 14.8. The summed E-state index contributed by atoms with van der Waals surface area (Å²) in [6, 6.07) is -0.461. The van der Waals surface area contributed by atoms with Gasteiger partial charge in [0.25, 0.3) is 0 Å². The number of anilines is 1. The summed E-state index contributed by atoms with van der Waals surface area (Å²) in [5.74, 6) is 1.30. The van der Waals surface area contributed by atoms with Crippen LogP contribution in [0.15, 0.2) is 12.4 Å². The van der Waals surface area contributed by atoms with Gasteiger partial charge < -0.3 is 15.0 Å². The number of nitrogens with zero attached hydrogens (tertiary/aromatic N) is 5. The van der Waals surface area contributed by atoms with E-state index >= 15 is 0 Å². The van der Waals surface area contributed by atoms with Gasteiger partial charge in [-0.1, -0.05) is 13.3 Å². The van der Waals surface area contributed by atoms with Crippen molar-refractivity contribution in [1.29, 1.82) is 0 Å². The topological polar surface area (TPSA) is 84.6 Å². The van der Waals surface area contributed by atoms with E-state index in [1.807, 2.05) is 4.52 Å².